The van der Waals surface area contributed by atoms with Crippen LogP contribution in [0.25, 0.3) is 0 Å². The molecule has 1 atom stereocenters. The second-order valence-corrected chi connectivity index (χ2v) is 8.10. The van der Waals surface area contributed by atoms with Crippen LogP contribution in [0.2, 0.25) is 5.02 Å². The zero-order valence-corrected chi connectivity index (χ0v) is 15.3. The minimum atomic E-state index is 0.132. The quantitative estimate of drug-likeness (QED) is 0.357. The first-order chi connectivity index (χ1) is 11.3. The second-order valence-electron chi connectivity index (χ2n) is 4.63. The first-order valence-corrected chi connectivity index (χ1v) is 9.95. The van der Waals surface area contributed by atoms with Crippen molar-refractivity contribution in [2.24, 2.45) is 0 Å². The van der Waals surface area contributed by atoms with E-state index in [0.717, 1.165) is 5.02 Å². The molecule has 3 aromatic rings. The predicted molar refractivity (Wildman–Crippen MR) is 104 cm³/mol. The van der Waals surface area contributed by atoms with Crippen molar-refractivity contribution in [1.29, 1.82) is 0 Å². The fraction of sp³-hybridized carbons (Fsp3) is 0.0526. The third-order valence-electron chi connectivity index (χ3n) is 2.97. The Morgan fingerprint density at radius 2 is 1.65 bits per heavy atom. The summed E-state index contributed by atoms with van der Waals surface area (Å²) in [6.07, 6.45) is 0. The van der Waals surface area contributed by atoms with Gasteiger partial charge < -0.3 is 0 Å². The SMILES string of the molecule is Clc1ccc(SC(C#CSc2ccccc2)c2cccs2)cc1. The monoisotopic (exact) mass is 372 g/mol. The van der Waals surface area contributed by atoms with E-state index in [1.165, 1.54) is 14.7 Å². The van der Waals surface area contributed by atoms with Crippen LogP contribution in [-0.4, -0.2) is 0 Å². The molecule has 0 radical (unpaired) electrons. The van der Waals surface area contributed by atoms with Crippen molar-refractivity contribution in [2.75, 3.05) is 0 Å². The van der Waals surface area contributed by atoms with E-state index in [9.17, 15) is 0 Å². The van der Waals surface area contributed by atoms with E-state index < -0.39 is 0 Å². The van der Waals surface area contributed by atoms with Crippen LogP contribution >= 0.6 is 46.5 Å². The van der Waals surface area contributed by atoms with E-state index in [1.54, 1.807) is 34.9 Å². The summed E-state index contributed by atoms with van der Waals surface area (Å²) in [5, 5.41) is 6.23. The van der Waals surface area contributed by atoms with Crippen LogP contribution < -0.4 is 0 Å². The molecule has 0 aliphatic heterocycles. The topological polar surface area (TPSA) is 0 Å². The van der Waals surface area contributed by atoms with Crippen molar-refractivity contribution < 1.29 is 0 Å². The van der Waals surface area contributed by atoms with Crippen LogP contribution in [0.5, 0.6) is 0 Å². The van der Waals surface area contributed by atoms with Crippen LogP contribution in [-0.2, 0) is 0 Å². The van der Waals surface area contributed by atoms with Crippen LogP contribution in [0.15, 0.2) is 81.9 Å². The molecule has 4 heteroatoms. The second kappa shape index (κ2) is 8.52. The van der Waals surface area contributed by atoms with Crippen molar-refractivity contribution in [3.63, 3.8) is 0 Å². The molecule has 0 aliphatic rings. The number of rotatable bonds is 4. The van der Waals surface area contributed by atoms with Gasteiger partial charge in [-0.15, -0.1) is 23.1 Å². The molecule has 0 saturated carbocycles. The van der Waals surface area contributed by atoms with Gasteiger partial charge in [0.05, 0.1) is 0 Å². The molecule has 23 heavy (non-hydrogen) atoms. The number of thioether (sulfide) groups is 2. The summed E-state index contributed by atoms with van der Waals surface area (Å²) in [5.41, 5.74) is 0. The average Bonchev–Trinajstić information content (AvgIpc) is 3.11. The molecular formula is C19H13ClS3. The van der Waals surface area contributed by atoms with Crippen LogP contribution in [0, 0.1) is 11.2 Å². The third kappa shape index (κ3) is 5.09. The molecule has 3 rings (SSSR count). The third-order valence-corrected chi connectivity index (χ3v) is 6.19. The molecular weight excluding hydrogens is 360 g/mol. The van der Waals surface area contributed by atoms with E-state index in [1.807, 2.05) is 42.5 Å². The number of hydrogen-bond donors (Lipinski definition) is 0. The standard InChI is InChI=1S/C19H13ClS3/c20-15-8-10-17(11-9-15)23-19(18-7-4-13-22-18)12-14-21-16-5-2-1-3-6-16/h1-11,13,19H. The first-order valence-electron chi connectivity index (χ1n) is 6.99. The molecule has 0 aliphatic carbocycles. The molecule has 0 amide bonds. The smallest absolute Gasteiger partial charge is 0.105 e. The summed E-state index contributed by atoms with van der Waals surface area (Å²) < 4.78 is 0. The molecule has 1 heterocycles. The molecule has 1 unspecified atom stereocenters. The Balaban J connectivity index is 1.75. The van der Waals surface area contributed by atoms with Crippen molar-refractivity contribution >= 4 is 46.5 Å². The molecule has 1 aromatic heterocycles. The van der Waals surface area contributed by atoms with Crippen molar-refractivity contribution in [2.45, 2.75) is 15.0 Å². The van der Waals surface area contributed by atoms with Gasteiger partial charge in [0.2, 0.25) is 0 Å². The lowest BCUT2D eigenvalue weighted by atomic mass is 10.3. The van der Waals surface area contributed by atoms with Gasteiger partial charge in [-0.2, -0.15) is 0 Å². The largest absolute Gasteiger partial charge is 0.147 e. The van der Waals surface area contributed by atoms with Gasteiger partial charge in [-0.1, -0.05) is 41.8 Å². The molecule has 114 valence electrons. The molecule has 0 bridgehead atoms. The number of benzene rings is 2. The van der Waals surface area contributed by atoms with Gasteiger partial charge >= 0.3 is 0 Å². The van der Waals surface area contributed by atoms with Crippen molar-refractivity contribution in [1.82, 2.24) is 0 Å². The average molecular weight is 373 g/mol. The number of halogens is 1. The van der Waals surface area contributed by atoms with Crippen molar-refractivity contribution in [3.8, 4) is 11.2 Å². The summed E-state index contributed by atoms with van der Waals surface area (Å²) in [7, 11) is 0. The Kier molecular flexibility index (Phi) is 6.13. The Morgan fingerprint density at radius 1 is 0.870 bits per heavy atom. The first kappa shape index (κ1) is 16.5. The molecule has 0 nitrogen and oxygen atoms in total. The zero-order valence-electron chi connectivity index (χ0n) is 12.1. The van der Waals surface area contributed by atoms with E-state index >= 15 is 0 Å². The fourth-order valence-corrected chi connectivity index (χ4v) is 4.51. The summed E-state index contributed by atoms with van der Waals surface area (Å²) in [5.74, 6) is 3.39. The number of thiophene rings is 1. The van der Waals surface area contributed by atoms with Gasteiger partial charge in [0.25, 0.3) is 0 Å². The maximum Gasteiger partial charge on any atom is 0.105 e. The van der Waals surface area contributed by atoms with Gasteiger partial charge in [0, 0.05) is 19.7 Å². The van der Waals surface area contributed by atoms with E-state index in [0.29, 0.717) is 0 Å². The molecule has 2 aromatic carbocycles. The Bertz CT molecular complexity index is 784. The summed E-state index contributed by atoms with van der Waals surface area (Å²) in [6, 6.07) is 22.4. The molecule has 0 saturated heterocycles. The summed E-state index contributed by atoms with van der Waals surface area (Å²) in [6.45, 7) is 0. The normalized spacial score (nSPS) is 11.5. The van der Waals surface area contributed by atoms with Gasteiger partial charge in [-0.25, -0.2) is 0 Å². The zero-order chi connectivity index (χ0) is 15.9. The number of hydrogen-bond acceptors (Lipinski definition) is 3. The predicted octanol–water partition coefficient (Wildman–Crippen LogP) is 6.99. The highest BCUT2D eigenvalue weighted by Crippen LogP contribution is 2.37. The van der Waals surface area contributed by atoms with Gasteiger partial charge in [0.1, 0.15) is 5.25 Å². The van der Waals surface area contributed by atoms with Crippen molar-refractivity contribution in [3.05, 3.63) is 82.0 Å². The molecule has 0 N–H and O–H groups in total. The van der Waals surface area contributed by atoms with Gasteiger partial charge in [0.15, 0.2) is 0 Å². The maximum absolute atomic E-state index is 5.96. The lowest BCUT2D eigenvalue weighted by molar-refractivity contribution is 1.33. The Labute approximate surface area is 154 Å². The molecule has 0 fully saturated rings. The maximum atomic E-state index is 5.96. The van der Waals surface area contributed by atoms with Crippen LogP contribution in [0.1, 0.15) is 10.1 Å². The Morgan fingerprint density at radius 3 is 2.35 bits per heavy atom. The van der Waals surface area contributed by atoms with Crippen LogP contribution in [0.4, 0.5) is 0 Å². The highest BCUT2D eigenvalue weighted by Gasteiger charge is 2.11. The summed E-state index contributed by atoms with van der Waals surface area (Å²) in [4.78, 5) is 3.61. The minimum absolute atomic E-state index is 0.132. The van der Waals surface area contributed by atoms with E-state index in [4.69, 9.17) is 11.6 Å². The Hall–Kier alpha value is -1.31. The summed E-state index contributed by atoms with van der Waals surface area (Å²) >= 11 is 11.0. The van der Waals surface area contributed by atoms with Gasteiger partial charge in [-0.05, 0) is 64.9 Å². The lowest BCUT2D eigenvalue weighted by Gasteiger charge is -2.08. The highest BCUT2D eigenvalue weighted by molar-refractivity contribution is 8.04. The highest BCUT2D eigenvalue weighted by atomic mass is 35.5. The fourth-order valence-electron chi connectivity index (χ4n) is 1.88. The molecule has 0 spiro atoms. The minimum Gasteiger partial charge on any atom is -0.147 e. The van der Waals surface area contributed by atoms with Crippen LogP contribution in [0.3, 0.4) is 0 Å². The van der Waals surface area contributed by atoms with E-state index in [2.05, 4.69) is 40.8 Å². The lowest BCUT2D eigenvalue weighted by Crippen LogP contribution is -1.86. The van der Waals surface area contributed by atoms with Gasteiger partial charge in [-0.3, -0.25) is 0 Å². The van der Waals surface area contributed by atoms with E-state index in [-0.39, 0.29) is 5.25 Å².